The van der Waals surface area contributed by atoms with Crippen LogP contribution in [0.5, 0.6) is 0 Å². The normalized spacial score (nSPS) is 11.1. The number of hydrogen-bond donors (Lipinski definition) is 2. The number of hydrogen-bond acceptors (Lipinski definition) is 5. The molecule has 0 aliphatic heterocycles. The number of rotatable bonds is 5. The van der Waals surface area contributed by atoms with Crippen LogP contribution < -0.4 is 5.32 Å². The van der Waals surface area contributed by atoms with Crippen LogP contribution in [0, 0.1) is 6.92 Å². The molecule has 2 N–H and O–H groups in total. The minimum Gasteiger partial charge on any atom is -0.346 e. The lowest BCUT2D eigenvalue weighted by Gasteiger charge is -2.08. The van der Waals surface area contributed by atoms with Gasteiger partial charge >= 0.3 is 0 Å². The number of thiophene rings is 1. The largest absolute Gasteiger partial charge is 0.346 e. The highest BCUT2D eigenvalue weighted by molar-refractivity contribution is 7.13. The van der Waals surface area contributed by atoms with Gasteiger partial charge in [-0.3, -0.25) is 4.98 Å². The predicted octanol–water partition coefficient (Wildman–Crippen LogP) is 5.72. The van der Waals surface area contributed by atoms with E-state index >= 15 is 0 Å². The first-order valence-corrected chi connectivity index (χ1v) is 10.3. The van der Waals surface area contributed by atoms with Gasteiger partial charge in [0.1, 0.15) is 5.65 Å². The maximum atomic E-state index is 4.80. The Morgan fingerprint density at radius 2 is 1.76 bits per heavy atom. The first-order chi connectivity index (χ1) is 14.2. The summed E-state index contributed by atoms with van der Waals surface area (Å²) in [5.74, 6) is 0.586. The van der Waals surface area contributed by atoms with E-state index in [1.54, 1.807) is 11.3 Å². The number of benzene rings is 1. The zero-order chi connectivity index (χ0) is 19.6. The van der Waals surface area contributed by atoms with Gasteiger partial charge in [-0.2, -0.15) is 4.98 Å². The highest BCUT2D eigenvalue weighted by atomic mass is 32.1. The zero-order valence-electron chi connectivity index (χ0n) is 15.9. The van der Waals surface area contributed by atoms with E-state index in [-0.39, 0.29) is 0 Å². The first-order valence-electron chi connectivity index (χ1n) is 9.40. The lowest BCUT2D eigenvalue weighted by Crippen LogP contribution is -1.99. The van der Waals surface area contributed by atoms with Crippen LogP contribution >= 0.6 is 11.3 Å². The molecular weight excluding hydrogens is 378 g/mol. The Morgan fingerprint density at radius 3 is 2.52 bits per heavy atom. The summed E-state index contributed by atoms with van der Waals surface area (Å²) in [4.78, 5) is 17.9. The van der Waals surface area contributed by atoms with Crippen LogP contribution in [0.1, 0.15) is 16.7 Å². The summed E-state index contributed by atoms with van der Waals surface area (Å²) >= 11 is 1.70. The summed E-state index contributed by atoms with van der Waals surface area (Å²) in [6.45, 7) is 2.10. The summed E-state index contributed by atoms with van der Waals surface area (Å²) in [5, 5.41) is 6.52. The van der Waals surface area contributed by atoms with Crippen molar-refractivity contribution in [2.75, 3.05) is 5.32 Å². The lowest BCUT2D eigenvalue weighted by molar-refractivity contribution is 1.16. The number of nitrogens with one attached hydrogen (secondary N) is 2. The van der Waals surface area contributed by atoms with Crippen LogP contribution in [0.2, 0.25) is 0 Å². The predicted molar refractivity (Wildman–Crippen MR) is 119 cm³/mol. The molecule has 0 fully saturated rings. The van der Waals surface area contributed by atoms with Crippen molar-refractivity contribution in [1.82, 2.24) is 19.9 Å². The van der Waals surface area contributed by atoms with E-state index in [1.165, 1.54) is 16.7 Å². The van der Waals surface area contributed by atoms with E-state index in [0.29, 0.717) is 5.95 Å². The Morgan fingerprint density at radius 1 is 0.966 bits per heavy atom. The Kier molecular flexibility index (Phi) is 4.54. The third kappa shape index (κ3) is 3.75. The third-order valence-corrected chi connectivity index (χ3v) is 5.80. The smallest absolute Gasteiger partial charge is 0.229 e. The second-order valence-electron chi connectivity index (χ2n) is 6.98. The fraction of sp³-hybridized carbons (Fsp3) is 0.0870. The highest BCUT2D eigenvalue weighted by Crippen LogP contribution is 2.32. The van der Waals surface area contributed by atoms with Gasteiger partial charge in [-0.15, -0.1) is 11.3 Å². The van der Waals surface area contributed by atoms with Gasteiger partial charge in [0.25, 0.3) is 0 Å². The maximum absolute atomic E-state index is 4.80. The van der Waals surface area contributed by atoms with Crippen molar-refractivity contribution in [3.63, 3.8) is 0 Å². The number of aromatic amines is 1. The molecule has 1 aromatic carbocycles. The molecule has 0 atom stereocenters. The number of H-pyrrole nitrogens is 1. The fourth-order valence-corrected chi connectivity index (χ4v) is 4.21. The number of fused-ring (bicyclic) bond motifs is 1. The van der Waals surface area contributed by atoms with Gasteiger partial charge in [-0.1, -0.05) is 12.1 Å². The van der Waals surface area contributed by atoms with Crippen LogP contribution in [-0.2, 0) is 6.42 Å². The van der Waals surface area contributed by atoms with Crippen LogP contribution in [-0.4, -0.2) is 19.9 Å². The van der Waals surface area contributed by atoms with Gasteiger partial charge in [0.15, 0.2) is 0 Å². The molecule has 0 unspecified atom stereocenters. The maximum Gasteiger partial charge on any atom is 0.229 e. The quantitative estimate of drug-likeness (QED) is 0.398. The summed E-state index contributed by atoms with van der Waals surface area (Å²) in [5.41, 5.74) is 6.48. The van der Waals surface area contributed by atoms with Crippen molar-refractivity contribution in [2.24, 2.45) is 0 Å². The van der Waals surface area contributed by atoms with Gasteiger partial charge in [0.2, 0.25) is 5.95 Å². The van der Waals surface area contributed by atoms with E-state index in [0.717, 1.165) is 33.7 Å². The number of pyridine rings is 1. The van der Waals surface area contributed by atoms with Crippen molar-refractivity contribution in [3.05, 3.63) is 89.2 Å². The summed E-state index contributed by atoms with van der Waals surface area (Å²) < 4.78 is 0. The van der Waals surface area contributed by atoms with Crippen molar-refractivity contribution in [3.8, 4) is 10.6 Å². The molecule has 0 saturated carbocycles. The Labute approximate surface area is 172 Å². The molecule has 5 aromatic rings. The van der Waals surface area contributed by atoms with Crippen molar-refractivity contribution >= 4 is 34.0 Å². The minimum absolute atomic E-state index is 0.586. The second-order valence-corrected chi connectivity index (χ2v) is 7.89. The highest BCUT2D eigenvalue weighted by Gasteiger charge is 2.12. The Hall–Kier alpha value is -3.51. The topological polar surface area (TPSA) is 66.5 Å². The molecule has 0 radical (unpaired) electrons. The van der Waals surface area contributed by atoms with Gasteiger partial charge in [0, 0.05) is 29.7 Å². The SMILES string of the molecule is Cc1csc(-c2nc(Nc3ccc(Cc4ccncc4)cc3)nc3[nH]ccc23)c1. The number of aromatic nitrogens is 4. The molecule has 29 heavy (non-hydrogen) atoms. The average molecular weight is 398 g/mol. The molecule has 6 heteroatoms. The van der Waals surface area contributed by atoms with E-state index < -0.39 is 0 Å². The van der Waals surface area contributed by atoms with Gasteiger partial charge in [-0.25, -0.2) is 4.98 Å². The fourth-order valence-electron chi connectivity index (χ4n) is 3.31. The number of nitrogens with zero attached hydrogens (tertiary/aromatic N) is 3. The standard InChI is InChI=1S/C23H19N5S/c1-15-12-20(29-14-15)21-19-8-11-25-22(19)28-23(27-21)26-18-4-2-16(3-5-18)13-17-6-9-24-10-7-17/h2-12,14H,13H2,1H3,(H2,25,26,27,28). The van der Waals surface area contributed by atoms with Crippen molar-refractivity contribution in [1.29, 1.82) is 0 Å². The summed E-state index contributed by atoms with van der Waals surface area (Å²) in [7, 11) is 0. The van der Waals surface area contributed by atoms with E-state index in [4.69, 9.17) is 4.98 Å². The minimum atomic E-state index is 0.586. The van der Waals surface area contributed by atoms with E-state index in [2.05, 4.69) is 62.9 Å². The lowest BCUT2D eigenvalue weighted by atomic mass is 10.1. The van der Waals surface area contributed by atoms with Gasteiger partial charge in [0.05, 0.1) is 10.6 Å². The molecule has 4 aromatic heterocycles. The van der Waals surface area contributed by atoms with Crippen LogP contribution in [0.15, 0.2) is 72.5 Å². The molecule has 0 saturated heterocycles. The average Bonchev–Trinajstić information content (AvgIpc) is 3.38. The molecule has 0 aliphatic carbocycles. The van der Waals surface area contributed by atoms with E-state index in [9.17, 15) is 0 Å². The van der Waals surface area contributed by atoms with Crippen LogP contribution in [0.3, 0.4) is 0 Å². The zero-order valence-corrected chi connectivity index (χ0v) is 16.7. The van der Waals surface area contributed by atoms with Crippen molar-refractivity contribution in [2.45, 2.75) is 13.3 Å². The molecule has 5 rings (SSSR count). The van der Waals surface area contributed by atoms with Crippen molar-refractivity contribution < 1.29 is 0 Å². The van der Waals surface area contributed by atoms with Gasteiger partial charge < -0.3 is 10.3 Å². The molecule has 0 amide bonds. The van der Waals surface area contributed by atoms with Crippen LogP contribution in [0.25, 0.3) is 21.6 Å². The van der Waals surface area contributed by atoms with Crippen LogP contribution in [0.4, 0.5) is 11.6 Å². The Balaban J connectivity index is 1.41. The molecule has 0 bridgehead atoms. The molecule has 0 spiro atoms. The Bertz CT molecular complexity index is 1260. The summed E-state index contributed by atoms with van der Waals surface area (Å²) in [6, 6.07) is 16.6. The third-order valence-electron chi connectivity index (χ3n) is 4.75. The number of anilines is 2. The number of aryl methyl sites for hydroxylation is 1. The molecule has 142 valence electrons. The van der Waals surface area contributed by atoms with E-state index in [1.807, 2.05) is 36.8 Å². The summed E-state index contributed by atoms with van der Waals surface area (Å²) in [6.07, 6.45) is 6.44. The second kappa shape index (κ2) is 7.48. The molecular formula is C23H19N5S. The molecule has 5 nitrogen and oxygen atoms in total. The monoisotopic (exact) mass is 397 g/mol. The van der Waals surface area contributed by atoms with Gasteiger partial charge in [-0.05, 0) is 71.8 Å². The first kappa shape index (κ1) is 17.6. The molecule has 4 heterocycles. The molecule has 0 aliphatic rings.